The Kier molecular flexibility index (Phi) is 3.95. The number of fused-ring (bicyclic) bond motifs is 1. The fourth-order valence-corrected chi connectivity index (χ4v) is 4.74. The van der Waals surface area contributed by atoms with Gasteiger partial charge in [-0.2, -0.15) is 0 Å². The molecular formula is C19H25N3O3. The molecule has 0 aromatic heterocycles. The van der Waals surface area contributed by atoms with Crippen molar-refractivity contribution in [1.29, 1.82) is 0 Å². The molecule has 1 aliphatic carbocycles. The summed E-state index contributed by atoms with van der Waals surface area (Å²) in [5.74, 6) is 0.416. The van der Waals surface area contributed by atoms with Gasteiger partial charge in [0.1, 0.15) is 0 Å². The van der Waals surface area contributed by atoms with Gasteiger partial charge in [0.15, 0.2) is 0 Å². The van der Waals surface area contributed by atoms with Gasteiger partial charge >= 0.3 is 6.03 Å². The number of nitrogens with one attached hydrogen (secondary N) is 1. The summed E-state index contributed by atoms with van der Waals surface area (Å²) in [5, 5.41) is 12.7. The largest absolute Gasteiger partial charge is 0.396 e. The summed E-state index contributed by atoms with van der Waals surface area (Å²) < 4.78 is 0. The summed E-state index contributed by atoms with van der Waals surface area (Å²) in [6.07, 6.45) is 3.24. The molecule has 2 atom stereocenters. The maximum Gasteiger partial charge on any atom is 0.322 e. The number of aryl methyl sites for hydroxylation is 1. The number of aliphatic hydroxyl groups excluding tert-OH is 1. The number of benzene rings is 1. The Hall–Kier alpha value is -2.08. The summed E-state index contributed by atoms with van der Waals surface area (Å²) in [7, 11) is 0. The lowest BCUT2D eigenvalue weighted by Gasteiger charge is -2.26. The molecule has 0 bridgehead atoms. The van der Waals surface area contributed by atoms with Crippen molar-refractivity contribution in [2.45, 2.75) is 26.2 Å². The molecule has 2 N–H and O–H groups in total. The van der Waals surface area contributed by atoms with E-state index in [9.17, 15) is 14.7 Å². The van der Waals surface area contributed by atoms with Crippen LogP contribution in [0.2, 0.25) is 0 Å². The Labute approximate surface area is 147 Å². The standard InChI is InChI=1S/C19H25N3O3/c1-13-4-5-14(9-16(13)22-8-7-20-18(22)25)17(24)21-10-15-3-2-6-19(15,11-21)12-23/h4-5,9,15,23H,2-3,6-8,10-12H2,1H3,(H,20,25)/t15-,19+/m0/s1. The summed E-state index contributed by atoms with van der Waals surface area (Å²) in [4.78, 5) is 28.6. The second-order valence-electron chi connectivity index (χ2n) is 7.68. The minimum atomic E-state index is -0.109. The number of rotatable bonds is 3. The molecule has 3 fully saturated rings. The molecule has 2 saturated heterocycles. The monoisotopic (exact) mass is 343 g/mol. The minimum absolute atomic E-state index is 0.00285. The van der Waals surface area contributed by atoms with Crippen molar-refractivity contribution < 1.29 is 14.7 Å². The molecule has 0 unspecified atom stereocenters. The molecule has 25 heavy (non-hydrogen) atoms. The molecule has 0 spiro atoms. The zero-order valence-corrected chi connectivity index (χ0v) is 14.6. The van der Waals surface area contributed by atoms with Crippen molar-refractivity contribution in [2.75, 3.05) is 37.7 Å². The molecule has 1 aromatic carbocycles. The lowest BCUT2D eigenvalue weighted by atomic mass is 9.82. The van der Waals surface area contributed by atoms with Gasteiger partial charge in [-0.05, 0) is 43.4 Å². The minimum Gasteiger partial charge on any atom is -0.396 e. The van der Waals surface area contributed by atoms with Gasteiger partial charge < -0.3 is 15.3 Å². The number of anilines is 1. The van der Waals surface area contributed by atoms with Crippen LogP contribution in [0.3, 0.4) is 0 Å². The number of nitrogens with zero attached hydrogens (tertiary/aromatic N) is 2. The van der Waals surface area contributed by atoms with E-state index in [4.69, 9.17) is 0 Å². The zero-order valence-electron chi connectivity index (χ0n) is 14.6. The Morgan fingerprint density at radius 2 is 2.28 bits per heavy atom. The molecule has 1 aromatic rings. The fraction of sp³-hybridized carbons (Fsp3) is 0.579. The average molecular weight is 343 g/mol. The maximum atomic E-state index is 13.0. The number of likely N-dealkylation sites (tertiary alicyclic amines) is 1. The van der Waals surface area contributed by atoms with Gasteiger partial charge in [-0.3, -0.25) is 9.69 Å². The highest BCUT2D eigenvalue weighted by atomic mass is 16.3. The lowest BCUT2D eigenvalue weighted by molar-refractivity contribution is 0.0734. The Balaban J connectivity index is 1.58. The molecule has 3 amide bonds. The smallest absolute Gasteiger partial charge is 0.322 e. The quantitative estimate of drug-likeness (QED) is 0.878. The molecule has 3 aliphatic rings. The molecule has 6 nitrogen and oxygen atoms in total. The second-order valence-corrected chi connectivity index (χ2v) is 7.68. The first-order valence-corrected chi connectivity index (χ1v) is 9.10. The summed E-state index contributed by atoms with van der Waals surface area (Å²) in [6.45, 7) is 4.73. The number of urea groups is 1. The van der Waals surface area contributed by atoms with E-state index in [0.29, 0.717) is 31.1 Å². The van der Waals surface area contributed by atoms with Gasteiger partial charge in [-0.1, -0.05) is 12.5 Å². The van der Waals surface area contributed by atoms with Crippen molar-refractivity contribution in [3.63, 3.8) is 0 Å². The van der Waals surface area contributed by atoms with Gasteiger partial charge in [0.25, 0.3) is 5.91 Å². The van der Waals surface area contributed by atoms with Crippen molar-refractivity contribution in [3.8, 4) is 0 Å². The third kappa shape index (κ3) is 2.59. The molecule has 1 saturated carbocycles. The van der Waals surface area contributed by atoms with E-state index in [1.54, 1.807) is 4.90 Å². The van der Waals surface area contributed by atoms with Crippen LogP contribution in [-0.4, -0.2) is 54.7 Å². The van der Waals surface area contributed by atoms with Crippen LogP contribution in [0, 0.1) is 18.3 Å². The molecule has 6 heteroatoms. The van der Waals surface area contributed by atoms with Crippen LogP contribution in [0.25, 0.3) is 0 Å². The van der Waals surface area contributed by atoms with Crippen molar-refractivity contribution in [3.05, 3.63) is 29.3 Å². The summed E-state index contributed by atoms with van der Waals surface area (Å²) in [5.41, 5.74) is 2.31. The van der Waals surface area contributed by atoms with Gasteiger partial charge in [0, 0.05) is 42.8 Å². The Morgan fingerprint density at radius 3 is 2.96 bits per heavy atom. The average Bonchev–Trinajstić information content (AvgIpc) is 3.28. The first-order valence-electron chi connectivity index (χ1n) is 9.10. The Morgan fingerprint density at radius 1 is 1.44 bits per heavy atom. The topological polar surface area (TPSA) is 72.9 Å². The normalized spacial score (nSPS) is 28.4. The number of amides is 3. The number of aliphatic hydroxyl groups is 1. The van der Waals surface area contributed by atoms with Crippen LogP contribution in [0.15, 0.2) is 18.2 Å². The Bertz CT molecular complexity index is 720. The van der Waals surface area contributed by atoms with E-state index in [0.717, 1.165) is 37.1 Å². The van der Waals surface area contributed by atoms with Crippen molar-refractivity contribution in [1.82, 2.24) is 10.2 Å². The first kappa shape index (κ1) is 16.4. The van der Waals surface area contributed by atoms with E-state index in [1.165, 1.54) is 0 Å². The third-order valence-electron chi connectivity index (χ3n) is 6.25. The van der Waals surface area contributed by atoms with Crippen LogP contribution in [0.4, 0.5) is 10.5 Å². The highest BCUT2D eigenvalue weighted by Gasteiger charge is 2.50. The number of carbonyl (C=O) groups is 2. The van der Waals surface area contributed by atoms with E-state index >= 15 is 0 Å². The van der Waals surface area contributed by atoms with E-state index in [2.05, 4.69) is 5.32 Å². The summed E-state index contributed by atoms with van der Waals surface area (Å²) in [6, 6.07) is 5.48. The number of carbonyl (C=O) groups excluding carboxylic acids is 2. The molecule has 134 valence electrons. The van der Waals surface area contributed by atoms with E-state index in [-0.39, 0.29) is 24.0 Å². The van der Waals surface area contributed by atoms with Crippen LogP contribution in [-0.2, 0) is 0 Å². The number of hydrogen-bond donors (Lipinski definition) is 2. The van der Waals surface area contributed by atoms with Gasteiger partial charge in [0.2, 0.25) is 0 Å². The van der Waals surface area contributed by atoms with Gasteiger partial charge in [0.05, 0.1) is 6.61 Å². The highest BCUT2D eigenvalue weighted by molar-refractivity contribution is 5.99. The maximum absolute atomic E-state index is 13.0. The van der Waals surface area contributed by atoms with E-state index in [1.807, 2.05) is 30.0 Å². The van der Waals surface area contributed by atoms with Crippen LogP contribution < -0.4 is 10.2 Å². The zero-order chi connectivity index (χ0) is 17.6. The van der Waals surface area contributed by atoms with Crippen molar-refractivity contribution in [2.24, 2.45) is 11.3 Å². The van der Waals surface area contributed by atoms with Crippen molar-refractivity contribution >= 4 is 17.6 Å². The molecule has 2 aliphatic heterocycles. The van der Waals surface area contributed by atoms with E-state index < -0.39 is 0 Å². The molecule has 0 radical (unpaired) electrons. The SMILES string of the molecule is Cc1ccc(C(=O)N2C[C@@H]3CCC[C@]3(CO)C2)cc1N1CCNC1=O. The van der Waals surface area contributed by atoms with Crippen LogP contribution >= 0.6 is 0 Å². The number of hydrogen-bond acceptors (Lipinski definition) is 3. The predicted octanol–water partition coefficient (Wildman–Crippen LogP) is 1.76. The lowest BCUT2D eigenvalue weighted by Crippen LogP contribution is -2.34. The summed E-state index contributed by atoms with van der Waals surface area (Å²) >= 11 is 0. The van der Waals surface area contributed by atoms with Gasteiger partial charge in [-0.15, -0.1) is 0 Å². The third-order valence-corrected chi connectivity index (χ3v) is 6.25. The first-order chi connectivity index (χ1) is 12.0. The molecule has 2 heterocycles. The second kappa shape index (κ2) is 6.02. The predicted molar refractivity (Wildman–Crippen MR) is 94.7 cm³/mol. The van der Waals surface area contributed by atoms with Crippen LogP contribution in [0.5, 0.6) is 0 Å². The fourth-order valence-electron chi connectivity index (χ4n) is 4.74. The molecular weight excluding hydrogens is 318 g/mol. The highest BCUT2D eigenvalue weighted by Crippen LogP contribution is 2.48. The molecule has 4 rings (SSSR count). The van der Waals surface area contributed by atoms with Gasteiger partial charge in [-0.25, -0.2) is 4.79 Å². The van der Waals surface area contributed by atoms with Crippen LogP contribution in [0.1, 0.15) is 35.2 Å².